The van der Waals surface area contributed by atoms with Gasteiger partial charge >= 0.3 is 0 Å². The van der Waals surface area contributed by atoms with E-state index in [0.29, 0.717) is 0 Å². The van der Waals surface area contributed by atoms with Gasteiger partial charge in [0.2, 0.25) is 0 Å². The zero-order valence-corrected chi connectivity index (χ0v) is 38.2. The van der Waals surface area contributed by atoms with Gasteiger partial charge in [0, 0.05) is 67.2 Å². The van der Waals surface area contributed by atoms with Gasteiger partial charge in [0.05, 0.1) is 11.4 Å². The van der Waals surface area contributed by atoms with Crippen LogP contribution in [0.4, 0.5) is 34.1 Å². The van der Waals surface area contributed by atoms with E-state index in [-0.39, 0.29) is 10.8 Å². The van der Waals surface area contributed by atoms with E-state index in [1.165, 1.54) is 44.0 Å². The molecule has 0 aliphatic rings. The molecule has 0 aliphatic heterocycles. The van der Waals surface area contributed by atoms with Crippen molar-refractivity contribution in [3.05, 3.63) is 205 Å². The second-order valence-electron chi connectivity index (χ2n) is 19.8. The summed E-state index contributed by atoms with van der Waals surface area (Å²) in [5.74, 6) is 0. The largest absolute Gasteiger partial charge is 0.456 e. The molecule has 0 aliphatic carbocycles. The van der Waals surface area contributed by atoms with Crippen LogP contribution in [0.15, 0.2) is 203 Å². The minimum Gasteiger partial charge on any atom is -0.456 e. The van der Waals surface area contributed by atoms with Gasteiger partial charge < -0.3 is 18.6 Å². The Balaban J connectivity index is 0.991. The summed E-state index contributed by atoms with van der Waals surface area (Å²) in [6, 6.07) is 70.1. The smallest absolute Gasteiger partial charge is 0.137 e. The Morgan fingerprint density at radius 2 is 0.667 bits per heavy atom. The number of para-hydroxylation sites is 2. The van der Waals surface area contributed by atoms with Crippen LogP contribution in [0.3, 0.4) is 0 Å². The molecule has 0 bridgehead atoms. The fourth-order valence-electron chi connectivity index (χ4n) is 10.2. The zero-order valence-electron chi connectivity index (χ0n) is 38.2. The van der Waals surface area contributed by atoms with Crippen LogP contribution in [0, 0.1) is 0 Å². The molecule has 0 spiro atoms. The van der Waals surface area contributed by atoms with Gasteiger partial charge in [-0.15, -0.1) is 0 Å². The van der Waals surface area contributed by atoms with Crippen molar-refractivity contribution < 1.29 is 8.83 Å². The normalized spacial score (nSPS) is 12.4. The SMILES string of the molecule is CC(C)(C)c1ccc2ccccc2c1N(c1ccccc1)c1ccc2c(c1)oc1cc3cc4c(cc3cc12)oc1cc(N(c2ccccc2)c2c(C(C)(C)C)ccc3ccccc23)ccc14. The van der Waals surface area contributed by atoms with E-state index in [0.717, 1.165) is 77.4 Å². The van der Waals surface area contributed by atoms with Gasteiger partial charge in [-0.3, -0.25) is 0 Å². The molecule has 66 heavy (non-hydrogen) atoms. The van der Waals surface area contributed by atoms with Crippen molar-refractivity contribution in [2.75, 3.05) is 9.80 Å². The lowest BCUT2D eigenvalue weighted by Gasteiger charge is -2.33. The fourth-order valence-corrected chi connectivity index (χ4v) is 10.2. The summed E-state index contributed by atoms with van der Waals surface area (Å²) in [4.78, 5) is 4.81. The highest BCUT2D eigenvalue weighted by Gasteiger charge is 2.28. The van der Waals surface area contributed by atoms with Crippen molar-refractivity contribution in [1.82, 2.24) is 0 Å². The van der Waals surface area contributed by atoms with Crippen LogP contribution >= 0.6 is 0 Å². The van der Waals surface area contributed by atoms with E-state index in [2.05, 4.69) is 245 Å². The van der Waals surface area contributed by atoms with Gasteiger partial charge in [-0.1, -0.05) is 151 Å². The first-order valence-electron chi connectivity index (χ1n) is 23.0. The van der Waals surface area contributed by atoms with Crippen LogP contribution in [0.5, 0.6) is 0 Å². The molecule has 0 radical (unpaired) electrons. The van der Waals surface area contributed by atoms with E-state index >= 15 is 0 Å². The second-order valence-corrected chi connectivity index (χ2v) is 19.8. The Kier molecular flexibility index (Phi) is 8.95. The number of rotatable bonds is 6. The Hall–Kier alpha value is -7.82. The Labute approximate surface area is 384 Å². The maximum atomic E-state index is 6.82. The predicted octanol–water partition coefficient (Wildman–Crippen LogP) is 18.5. The predicted molar refractivity (Wildman–Crippen MR) is 280 cm³/mol. The number of anilines is 6. The third-order valence-corrected chi connectivity index (χ3v) is 13.4. The first-order valence-corrected chi connectivity index (χ1v) is 23.0. The monoisotopic (exact) mass is 854 g/mol. The van der Waals surface area contributed by atoms with Crippen LogP contribution in [0.25, 0.3) is 76.2 Å². The Morgan fingerprint density at radius 1 is 0.288 bits per heavy atom. The third-order valence-electron chi connectivity index (χ3n) is 13.4. The third kappa shape index (κ3) is 6.50. The minimum atomic E-state index is -0.0983. The lowest BCUT2D eigenvalue weighted by Crippen LogP contribution is -2.19. The summed E-state index contributed by atoms with van der Waals surface area (Å²) >= 11 is 0. The summed E-state index contributed by atoms with van der Waals surface area (Å²) in [6.45, 7) is 13.8. The second kappa shape index (κ2) is 14.9. The van der Waals surface area contributed by atoms with E-state index in [9.17, 15) is 0 Å². The fraction of sp³-hybridized carbons (Fsp3) is 0.129. The summed E-state index contributed by atoms with van der Waals surface area (Å²) in [7, 11) is 0. The Morgan fingerprint density at radius 3 is 1.08 bits per heavy atom. The number of benzene rings is 10. The number of furan rings is 2. The zero-order chi connectivity index (χ0) is 44.9. The molecule has 0 saturated carbocycles. The highest BCUT2D eigenvalue weighted by atomic mass is 16.3. The molecule has 4 nitrogen and oxygen atoms in total. The topological polar surface area (TPSA) is 32.8 Å². The number of hydrogen-bond acceptors (Lipinski definition) is 4. The Bertz CT molecular complexity index is 3590. The summed E-state index contributed by atoms with van der Waals surface area (Å²) in [6.07, 6.45) is 0. The number of fused-ring (bicyclic) bond motifs is 9. The quantitative estimate of drug-likeness (QED) is 0.167. The number of hydrogen-bond donors (Lipinski definition) is 0. The van der Waals surface area contributed by atoms with Crippen molar-refractivity contribution in [2.45, 2.75) is 52.4 Å². The molecular formula is C62H50N2O2. The molecule has 2 aromatic heterocycles. The van der Waals surface area contributed by atoms with Gasteiger partial charge in [0.25, 0.3) is 0 Å². The highest BCUT2D eigenvalue weighted by Crippen LogP contribution is 2.49. The molecule has 0 fully saturated rings. The van der Waals surface area contributed by atoms with Crippen LogP contribution in [0.1, 0.15) is 52.7 Å². The van der Waals surface area contributed by atoms with Crippen molar-refractivity contribution in [3.63, 3.8) is 0 Å². The molecule has 320 valence electrons. The highest BCUT2D eigenvalue weighted by molar-refractivity contribution is 6.16. The van der Waals surface area contributed by atoms with Crippen LogP contribution in [-0.2, 0) is 10.8 Å². The molecule has 0 unspecified atom stereocenters. The van der Waals surface area contributed by atoms with Gasteiger partial charge in [-0.25, -0.2) is 0 Å². The van der Waals surface area contributed by atoms with E-state index in [1.807, 2.05) is 0 Å². The van der Waals surface area contributed by atoms with Gasteiger partial charge in [-0.2, -0.15) is 0 Å². The minimum absolute atomic E-state index is 0.0983. The van der Waals surface area contributed by atoms with Gasteiger partial charge in [-0.05, 0) is 116 Å². The average Bonchev–Trinajstić information content (AvgIpc) is 3.86. The molecule has 4 heteroatoms. The molecular weight excluding hydrogens is 805 g/mol. The van der Waals surface area contributed by atoms with Crippen molar-refractivity contribution in [3.8, 4) is 0 Å². The molecule has 0 amide bonds. The van der Waals surface area contributed by atoms with E-state index in [4.69, 9.17) is 8.83 Å². The molecule has 0 atom stereocenters. The maximum Gasteiger partial charge on any atom is 0.137 e. The van der Waals surface area contributed by atoms with Crippen molar-refractivity contribution in [2.24, 2.45) is 0 Å². The van der Waals surface area contributed by atoms with Gasteiger partial charge in [0.15, 0.2) is 0 Å². The molecule has 12 aromatic rings. The molecule has 10 aromatic carbocycles. The molecule has 0 N–H and O–H groups in total. The van der Waals surface area contributed by atoms with Crippen LogP contribution in [-0.4, -0.2) is 0 Å². The standard InChI is InChI=1S/C62H50N2O2/c1-61(2,3)53-31-25-39-17-13-15-23-47(39)59(53)63(43-19-9-7-10-20-43)45-27-29-49-51-33-41-36-56-52(34-42(41)35-55(51)65-57(49)37-45)50-30-28-46(38-58(50)66-56)64(44-21-11-8-12-22-44)60-48-24-16-14-18-40(48)26-32-54(60)62(4,5)6/h7-38H,1-6H3. The lowest BCUT2D eigenvalue weighted by atomic mass is 9.83. The van der Waals surface area contributed by atoms with Crippen LogP contribution in [0.2, 0.25) is 0 Å². The number of nitrogens with zero attached hydrogens (tertiary/aromatic N) is 2. The summed E-state index contributed by atoms with van der Waals surface area (Å²) < 4.78 is 13.6. The van der Waals surface area contributed by atoms with Gasteiger partial charge in [0.1, 0.15) is 22.3 Å². The van der Waals surface area contributed by atoms with Crippen molar-refractivity contribution >= 4 is 110 Å². The molecule has 2 heterocycles. The average molecular weight is 855 g/mol. The van der Waals surface area contributed by atoms with Crippen molar-refractivity contribution in [1.29, 1.82) is 0 Å². The molecule has 0 saturated heterocycles. The first-order chi connectivity index (χ1) is 32.0. The lowest BCUT2D eigenvalue weighted by molar-refractivity contribution is 0.591. The maximum absolute atomic E-state index is 6.82. The van der Waals surface area contributed by atoms with Crippen LogP contribution < -0.4 is 9.80 Å². The molecule has 12 rings (SSSR count). The summed E-state index contributed by atoms with van der Waals surface area (Å²) in [5.41, 5.74) is 12.4. The van der Waals surface area contributed by atoms with E-state index < -0.39 is 0 Å². The first kappa shape index (κ1) is 39.7. The summed E-state index contributed by atoms with van der Waals surface area (Å²) in [5, 5.41) is 11.4. The van der Waals surface area contributed by atoms with E-state index in [1.54, 1.807) is 0 Å².